The van der Waals surface area contributed by atoms with Crippen LogP contribution in [0.3, 0.4) is 0 Å². The van der Waals surface area contributed by atoms with Gasteiger partial charge in [-0.3, -0.25) is 9.59 Å². The molecule has 1 heterocycles. The molecule has 2 aromatic carbocycles. The molecule has 1 aliphatic heterocycles. The highest BCUT2D eigenvalue weighted by Crippen LogP contribution is 2.20. The Morgan fingerprint density at radius 1 is 1.00 bits per heavy atom. The van der Waals surface area contributed by atoms with Gasteiger partial charge in [0.25, 0.3) is 5.91 Å². The van der Waals surface area contributed by atoms with Crippen molar-refractivity contribution < 1.29 is 9.59 Å². The van der Waals surface area contributed by atoms with Crippen LogP contribution in [0.1, 0.15) is 41.3 Å². The summed E-state index contributed by atoms with van der Waals surface area (Å²) in [5.74, 6) is -0.0821. The van der Waals surface area contributed by atoms with E-state index in [1.807, 2.05) is 4.90 Å². The number of anilines is 2. The molecule has 0 radical (unpaired) electrons. The van der Waals surface area contributed by atoms with Crippen LogP contribution in [-0.2, 0) is 4.79 Å². The zero-order valence-corrected chi connectivity index (χ0v) is 16.2. The Bertz CT molecular complexity index is 830. The van der Waals surface area contributed by atoms with Crippen molar-refractivity contribution >= 4 is 23.2 Å². The molecule has 3 rings (SSSR count). The number of nitrogens with one attached hydrogen (secondary N) is 2. The van der Waals surface area contributed by atoms with Gasteiger partial charge >= 0.3 is 0 Å². The van der Waals surface area contributed by atoms with Gasteiger partial charge in [0.15, 0.2) is 0 Å². The van der Waals surface area contributed by atoms with Crippen LogP contribution in [0.15, 0.2) is 42.5 Å². The van der Waals surface area contributed by atoms with Gasteiger partial charge < -0.3 is 15.5 Å². The lowest BCUT2D eigenvalue weighted by Gasteiger charge is -2.34. The Kier molecular flexibility index (Phi) is 5.79. The summed E-state index contributed by atoms with van der Waals surface area (Å²) in [5.41, 5.74) is 5.01. The van der Waals surface area contributed by atoms with Crippen LogP contribution in [0, 0.1) is 13.8 Å². The van der Waals surface area contributed by atoms with Crippen LogP contribution in [0.5, 0.6) is 0 Å². The summed E-state index contributed by atoms with van der Waals surface area (Å²) in [5, 5.41) is 6.29. The Morgan fingerprint density at radius 3 is 2.37 bits per heavy atom. The number of rotatable bonds is 4. The second-order valence-electron chi connectivity index (χ2n) is 7.29. The van der Waals surface area contributed by atoms with Gasteiger partial charge in [0, 0.05) is 43.0 Å². The second kappa shape index (κ2) is 8.25. The molecule has 2 N–H and O–H groups in total. The van der Waals surface area contributed by atoms with Gasteiger partial charge in [-0.05, 0) is 74.2 Å². The molecule has 1 fully saturated rings. The Labute approximate surface area is 160 Å². The minimum atomic E-state index is -0.120. The SMILES string of the molecule is CC(=O)Nc1ccc(C(=O)N2CCCC(Nc3ccc(C)c(C)c3)C2)cc1. The monoisotopic (exact) mass is 365 g/mol. The van der Waals surface area contributed by atoms with E-state index in [9.17, 15) is 9.59 Å². The van der Waals surface area contributed by atoms with E-state index in [-0.39, 0.29) is 17.9 Å². The number of aryl methyl sites for hydroxylation is 2. The van der Waals surface area contributed by atoms with Gasteiger partial charge in [0.05, 0.1) is 0 Å². The topological polar surface area (TPSA) is 61.4 Å². The molecule has 142 valence electrons. The van der Waals surface area contributed by atoms with Gasteiger partial charge in [-0.25, -0.2) is 0 Å². The molecular formula is C22H27N3O2. The normalized spacial score (nSPS) is 16.7. The van der Waals surface area contributed by atoms with E-state index in [0.29, 0.717) is 17.8 Å². The number of nitrogens with zero attached hydrogens (tertiary/aromatic N) is 1. The quantitative estimate of drug-likeness (QED) is 0.861. The third-order valence-electron chi connectivity index (χ3n) is 5.04. The lowest BCUT2D eigenvalue weighted by Crippen LogP contribution is -2.45. The average molecular weight is 365 g/mol. The number of carbonyl (C=O) groups is 2. The molecular weight excluding hydrogens is 338 g/mol. The van der Waals surface area contributed by atoms with Crippen molar-refractivity contribution in [2.24, 2.45) is 0 Å². The predicted octanol–water partition coefficient (Wildman–Crippen LogP) is 3.98. The summed E-state index contributed by atoms with van der Waals surface area (Å²) in [7, 11) is 0. The highest BCUT2D eigenvalue weighted by molar-refractivity contribution is 5.95. The number of hydrogen-bond donors (Lipinski definition) is 2. The largest absolute Gasteiger partial charge is 0.381 e. The van der Waals surface area contributed by atoms with Crippen LogP contribution in [0.2, 0.25) is 0 Å². The summed E-state index contributed by atoms with van der Waals surface area (Å²) in [6, 6.07) is 13.7. The average Bonchev–Trinajstić information content (AvgIpc) is 2.64. The lowest BCUT2D eigenvalue weighted by molar-refractivity contribution is -0.114. The maximum Gasteiger partial charge on any atom is 0.253 e. The first-order chi connectivity index (χ1) is 12.9. The lowest BCUT2D eigenvalue weighted by atomic mass is 10.0. The number of piperidine rings is 1. The van der Waals surface area contributed by atoms with E-state index in [4.69, 9.17) is 0 Å². The standard InChI is InChI=1S/C22H27N3O2/c1-15-6-9-20(13-16(15)2)24-21-5-4-12-25(14-21)22(27)18-7-10-19(11-8-18)23-17(3)26/h6-11,13,21,24H,4-5,12,14H2,1-3H3,(H,23,26). The van der Waals surface area contributed by atoms with Gasteiger partial charge in [-0.1, -0.05) is 6.07 Å². The van der Waals surface area contributed by atoms with Crippen molar-refractivity contribution in [1.29, 1.82) is 0 Å². The van der Waals surface area contributed by atoms with Crippen LogP contribution in [0.25, 0.3) is 0 Å². The molecule has 1 aliphatic rings. The number of likely N-dealkylation sites (tertiary alicyclic amines) is 1. The van der Waals surface area contributed by atoms with Gasteiger partial charge in [0.1, 0.15) is 0 Å². The molecule has 5 nitrogen and oxygen atoms in total. The van der Waals surface area contributed by atoms with Crippen molar-refractivity contribution in [2.75, 3.05) is 23.7 Å². The van der Waals surface area contributed by atoms with E-state index >= 15 is 0 Å². The Morgan fingerprint density at radius 2 is 1.70 bits per heavy atom. The molecule has 1 saturated heterocycles. The van der Waals surface area contributed by atoms with E-state index in [1.165, 1.54) is 18.1 Å². The number of benzene rings is 2. The first-order valence-electron chi connectivity index (χ1n) is 9.43. The summed E-state index contributed by atoms with van der Waals surface area (Å²) in [4.78, 5) is 25.9. The van der Waals surface area contributed by atoms with Crippen LogP contribution in [0.4, 0.5) is 11.4 Å². The minimum absolute atomic E-state index is 0.0379. The van der Waals surface area contributed by atoms with Crippen molar-refractivity contribution in [3.8, 4) is 0 Å². The Balaban J connectivity index is 1.63. The molecule has 2 aromatic rings. The molecule has 0 saturated carbocycles. The summed E-state index contributed by atoms with van der Waals surface area (Å²) in [6.07, 6.45) is 2.04. The first-order valence-corrected chi connectivity index (χ1v) is 9.43. The van der Waals surface area contributed by atoms with E-state index < -0.39 is 0 Å². The first kappa shape index (κ1) is 19.0. The molecule has 27 heavy (non-hydrogen) atoms. The van der Waals surface area contributed by atoms with Crippen LogP contribution < -0.4 is 10.6 Å². The molecule has 0 aliphatic carbocycles. The highest BCUT2D eigenvalue weighted by Gasteiger charge is 2.24. The third kappa shape index (κ3) is 4.88. The summed E-state index contributed by atoms with van der Waals surface area (Å²) >= 11 is 0. The third-order valence-corrected chi connectivity index (χ3v) is 5.04. The van der Waals surface area contributed by atoms with Crippen molar-refractivity contribution in [3.05, 3.63) is 59.2 Å². The summed E-state index contributed by atoms with van der Waals surface area (Å²) < 4.78 is 0. The van der Waals surface area contributed by atoms with E-state index in [1.54, 1.807) is 24.3 Å². The minimum Gasteiger partial charge on any atom is -0.381 e. The second-order valence-corrected chi connectivity index (χ2v) is 7.29. The highest BCUT2D eigenvalue weighted by atomic mass is 16.2. The van der Waals surface area contributed by atoms with E-state index in [0.717, 1.165) is 25.1 Å². The van der Waals surface area contributed by atoms with Gasteiger partial charge in [0.2, 0.25) is 5.91 Å². The van der Waals surface area contributed by atoms with Crippen molar-refractivity contribution in [3.63, 3.8) is 0 Å². The van der Waals surface area contributed by atoms with E-state index in [2.05, 4.69) is 42.7 Å². The van der Waals surface area contributed by atoms with Crippen molar-refractivity contribution in [2.45, 2.75) is 39.7 Å². The number of carbonyl (C=O) groups excluding carboxylic acids is 2. The fourth-order valence-corrected chi connectivity index (χ4v) is 3.43. The molecule has 1 unspecified atom stereocenters. The summed E-state index contributed by atoms with van der Waals surface area (Å²) in [6.45, 7) is 7.16. The predicted molar refractivity (Wildman–Crippen MR) is 109 cm³/mol. The smallest absolute Gasteiger partial charge is 0.253 e. The zero-order chi connectivity index (χ0) is 19.4. The fourth-order valence-electron chi connectivity index (χ4n) is 3.43. The fraction of sp³-hybridized carbons (Fsp3) is 0.364. The zero-order valence-electron chi connectivity index (χ0n) is 16.2. The maximum atomic E-state index is 12.8. The maximum absolute atomic E-state index is 12.8. The van der Waals surface area contributed by atoms with Gasteiger partial charge in [-0.2, -0.15) is 0 Å². The van der Waals surface area contributed by atoms with Crippen LogP contribution in [-0.4, -0.2) is 35.8 Å². The van der Waals surface area contributed by atoms with Crippen molar-refractivity contribution in [1.82, 2.24) is 4.90 Å². The van der Waals surface area contributed by atoms with Crippen LogP contribution >= 0.6 is 0 Å². The number of hydrogen-bond acceptors (Lipinski definition) is 3. The molecule has 0 aromatic heterocycles. The van der Waals surface area contributed by atoms with Gasteiger partial charge in [-0.15, -0.1) is 0 Å². The molecule has 2 amide bonds. The molecule has 0 bridgehead atoms. The molecule has 5 heteroatoms. The Hall–Kier alpha value is -2.82. The molecule has 0 spiro atoms. The molecule has 1 atom stereocenters. The number of amides is 2.